The Morgan fingerprint density at radius 3 is 2.35 bits per heavy atom. The standard InChI is InChI=1S/C19H29N5O6S/c1-14-4-5-17(10-18(14)24(26)27)20-19(25)13-21-6-8-22(9-7-21)31(28,29)23-11-15(2)30-16(3)12-23/h4-5,10,15-16H,6-9,11-13H2,1-3H3,(H,20,25). The number of nitrogens with one attached hydrogen (secondary N) is 1. The van der Waals surface area contributed by atoms with Gasteiger partial charge in [0.15, 0.2) is 0 Å². The molecule has 1 aromatic rings. The average molecular weight is 456 g/mol. The van der Waals surface area contributed by atoms with E-state index >= 15 is 0 Å². The van der Waals surface area contributed by atoms with Gasteiger partial charge >= 0.3 is 0 Å². The van der Waals surface area contributed by atoms with Crippen molar-refractivity contribution in [2.24, 2.45) is 0 Å². The summed E-state index contributed by atoms with van der Waals surface area (Å²) in [6, 6.07) is 4.54. The highest BCUT2D eigenvalue weighted by atomic mass is 32.2. The second-order valence-corrected chi connectivity index (χ2v) is 9.99. The SMILES string of the molecule is Cc1ccc(NC(=O)CN2CCN(S(=O)(=O)N3CC(C)OC(C)C3)CC2)cc1[N+](=O)[O-]. The van der Waals surface area contributed by atoms with E-state index < -0.39 is 15.1 Å². The van der Waals surface area contributed by atoms with Crippen LogP contribution in [0.25, 0.3) is 0 Å². The number of piperazine rings is 1. The number of anilines is 1. The number of ether oxygens (including phenoxy) is 1. The minimum Gasteiger partial charge on any atom is -0.373 e. The smallest absolute Gasteiger partial charge is 0.282 e. The lowest BCUT2D eigenvalue weighted by Crippen LogP contribution is -2.57. The zero-order valence-corrected chi connectivity index (χ0v) is 18.8. The zero-order valence-electron chi connectivity index (χ0n) is 18.0. The van der Waals surface area contributed by atoms with Crippen LogP contribution in [0.4, 0.5) is 11.4 Å². The number of nitrogens with zero attached hydrogens (tertiary/aromatic N) is 4. The Morgan fingerprint density at radius 2 is 1.77 bits per heavy atom. The van der Waals surface area contributed by atoms with Crippen molar-refractivity contribution in [1.29, 1.82) is 0 Å². The van der Waals surface area contributed by atoms with Crippen LogP contribution in [0.3, 0.4) is 0 Å². The highest BCUT2D eigenvalue weighted by Gasteiger charge is 2.36. The second kappa shape index (κ2) is 9.57. The van der Waals surface area contributed by atoms with Crippen molar-refractivity contribution in [3.8, 4) is 0 Å². The van der Waals surface area contributed by atoms with Crippen LogP contribution in [0, 0.1) is 17.0 Å². The van der Waals surface area contributed by atoms with Crippen molar-refractivity contribution in [3.05, 3.63) is 33.9 Å². The molecule has 2 aliphatic rings. The van der Waals surface area contributed by atoms with E-state index in [-0.39, 0.29) is 30.3 Å². The number of benzene rings is 1. The van der Waals surface area contributed by atoms with Crippen LogP contribution >= 0.6 is 0 Å². The quantitative estimate of drug-likeness (QED) is 0.497. The molecule has 0 bridgehead atoms. The maximum Gasteiger partial charge on any atom is 0.282 e. The Kier molecular flexibility index (Phi) is 7.27. The molecule has 2 aliphatic heterocycles. The van der Waals surface area contributed by atoms with Crippen LogP contribution in [-0.4, -0.2) is 90.8 Å². The fourth-order valence-electron chi connectivity index (χ4n) is 3.89. The van der Waals surface area contributed by atoms with Crippen LogP contribution < -0.4 is 5.32 Å². The third kappa shape index (κ3) is 5.77. The van der Waals surface area contributed by atoms with Gasteiger partial charge in [-0.25, -0.2) is 0 Å². The molecule has 31 heavy (non-hydrogen) atoms. The van der Waals surface area contributed by atoms with Crippen LogP contribution in [0.2, 0.25) is 0 Å². The number of nitro benzene ring substituents is 1. The first-order valence-corrected chi connectivity index (χ1v) is 11.6. The molecule has 2 unspecified atom stereocenters. The molecule has 1 aromatic carbocycles. The highest BCUT2D eigenvalue weighted by molar-refractivity contribution is 7.86. The summed E-state index contributed by atoms with van der Waals surface area (Å²) in [5.74, 6) is -0.301. The van der Waals surface area contributed by atoms with E-state index in [9.17, 15) is 23.3 Å². The number of hydrogen-bond acceptors (Lipinski definition) is 7. The van der Waals surface area contributed by atoms with Crippen molar-refractivity contribution >= 4 is 27.5 Å². The fourth-order valence-corrected chi connectivity index (χ4v) is 5.64. The van der Waals surface area contributed by atoms with E-state index in [0.29, 0.717) is 50.5 Å². The molecule has 172 valence electrons. The van der Waals surface area contributed by atoms with Gasteiger partial charge in [0.1, 0.15) is 0 Å². The molecule has 0 aromatic heterocycles. The number of carbonyl (C=O) groups is 1. The van der Waals surface area contributed by atoms with Crippen LogP contribution in [0.15, 0.2) is 18.2 Å². The predicted molar refractivity (Wildman–Crippen MR) is 115 cm³/mol. The molecule has 11 nitrogen and oxygen atoms in total. The molecule has 12 heteroatoms. The molecule has 2 atom stereocenters. The topological polar surface area (TPSA) is 125 Å². The van der Waals surface area contributed by atoms with Crippen molar-refractivity contribution in [3.63, 3.8) is 0 Å². The number of rotatable bonds is 6. The average Bonchev–Trinajstić information content (AvgIpc) is 2.69. The predicted octanol–water partition coefficient (Wildman–Crippen LogP) is 0.813. The molecule has 2 saturated heterocycles. The Labute approximate surface area is 182 Å². The Hall–Kier alpha value is -2.12. The van der Waals surface area contributed by atoms with Gasteiger partial charge < -0.3 is 10.1 Å². The van der Waals surface area contributed by atoms with Gasteiger partial charge in [-0.1, -0.05) is 6.07 Å². The van der Waals surface area contributed by atoms with Gasteiger partial charge in [-0.15, -0.1) is 0 Å². The molecule has 3 rings (SSSR count). The lowest BCUT2D eigenvalue weighted by atomic mass is 10.2. The summed E-state index contributed by atoms with van der Waals surface area (Å²) in [6.07, 6.45) is -0.304. The van der Waals surface area contributed by atoms with Crippen molar-refractivity contribution < 1.29 is 22.9 Å². The maximum absolute atomic E-state index is 13.0. The van der Waals surface area contributed by atoms with E-state index in [0.717, 1.165) is 0 Å². The van der Waals surface area contributed by atoms with E-state index in [1.807, 2.05) is 18.7 Å². The molecule has 0 radical (unpaired) electrons. The summed E-state index contributed by atoms with van der Waals surface area (Å²) in [5, 5.41) is 13.7. The summed E-state index contributed by atoms with van der Waals surface area (Å²) < 4.78 is 34.5. The fraction of sp³-hybridized carbons (Fsp3) is 0.632. The number of hydrogen-bond donors (Lipinski definition) is 1. The monoisotopic (exact) mass is 455 g/mol. The normalized spacial score (nSPS) is 24.1. The third-order valence-corrected chi connectivity index (χ3v) is 7.40. The number of aryl methyl sites for hydroxylation is 1. The molecule has 1 N–H and O–H groups in total. The third-order valence-electron chi connectivity index (χ3n) is 5.43. The lowest BCUT2D eigenvalue weighted by molar-refractivity contribution is -0.385. The molecule has 2 fully saturated rings. The molecular formula is C19H29N5O6S. The van der Waals surface area contributed by atoms with Gasteiger partial charge in [0.2, 0.25) is 5.91 Å². The van der Waals surface area contributed by atoms with Gasteiger partial charge in [-0.3, -0.25) is 19.8 Å². The van der Waals surface area contributed by atoms with Gasteiger partial charge in [0.05, 0.1) is 23.7 Å². The summed E-state index contributed by atoms with van der Waals surface area (Å²) in [6.45, 7) is 7.55. The first-order chi connectivity index (χ1) is 14.6. The molecule has 0 saturated carbocycles. The van der Waals surface area contributed by atoms with Crippen LogP contribution in [-0.2, 0) is 19.7 Å². The molecule has 0 aliphatic carbocycles. The first-order valence-electron chi connectivity index (χ1n) is 10.2. The van der Waals surface area contributed by atoms with E-state index in [2.05, 4.69) is 5.32 Å². The largest absolute Gasteiger partial charge is 0.373 e. The van der Waals surface area contributed by atoms with Gasteiger partial charge in [-0.05, 0) is 26.8 Å². The van der Waals surface area contributed by atoms with Crippen LogP contribution in [0.5, 0.6) is 0 Å². The summed E-state index contributed by atoms with van der Waals surface area (Å²) in [4.78, 5) is 24.8. The van der Waals surface area contributed by atoms with Crippen LogP contribution in [0.1, 0.15) is 19.4 Å². The van der Waals surface area contributed by atoms with Gasteiger partial charge in [0, 0.05) is 56.6 Å². The van der Waals surface area contributed by atoms with E-state index in [1.54, 1.807) is 19.1 Å². The minimum atomic E-state index is -3.57. The minimum absolute atomic E-state index is 0.0524. The van der Waals surface area contributed by atoms with Gasteiger partial charge in [0.25, 0.3) is 15.9 Å². The number of morpholine rings is 1. The molecular weight excluding hydrogens is 426 g/mol. The summed E-state index contributed by atoms with van der Waals surface area (Å²) in [5.41, 5.74) is 0.826. The van der Waals surface area contributed by atoms with Gasteiger partial charge in [-0.2, -0.15) is 17.0 Å². The molecule has 1 amide bonds. The van der Waals surface area contributed by atoms with E-state index in [1.165, 1.54) is 14.7 Å². The van der Waals surface area contributed by atoms with Crippen molar-refractivity contribution in [1.82, 2.24) is 13.5 Å². The number of nitro groups is 1. The highest BCUT2D eigenvalue weighted by Crippen LogP contribution is 2.22. The number of amides is 1. The molecule has 2 heterocycles. The Balaban J connectivity index is 1.52. The second-order valence-electron chi connectivity index (χ2n) is 8.06. The summed E-state index contributed by atoms with van der Waals surface area (Å²) >= 11 is 0. The Morgan fingerprint density at radius 1 is 1.16 bits per heavy atom. The Bertz CT molecular complexity index is 922. The summed E-state index contributed by atoms with van der Waals surface area (Å²) in [7, 11) is -3.57. The lowest BCUT2D eigenvalue weighted by Gasteiger charge is -2.40. The maximum atomic E-state index is 13.0. The van der Waals surface area contributed by atoms with Crippen molar-refractivity contribution in [2.45, 2.75) is 33.0 Å². The first kappa shape index (κ1) is 23.5. The van der Waals surface area contributed by atoms with Crippen molar-refractivity contribution in [2.75, 3.05) is 51.1 Å². The zero-order chi connectivity index (χ0) is 22.8. The van der Waals surface area contributed by atoms with E-state index in [4.69, 9.17) is 4.74 Å². The molecule has 0 spiro atoms. The number of carbonyl (C=O) groups excluding carboxylic acids is 1.